The molecular weight excluding hydrogens is 354 g/mol. The quantitative estimate of drug-likeness (QED) is 0.435. The number of imide groups is 1. The molecule has 1 saturated heterocycles. The molecule has 0 aromatic carbocycles. The van der Waals surface area contributed by atoms with Crippen LogP contribution in [0.4, 0.5) is 4.79 Å². The molecule has 3 atom stereocenters. The summed E-state index contributed by atoms with van der Waals surface area (Å²) in [4.78, 5) is 49.3. The lowest BCUT2D eigenvalue weighted by atomic mass is 10.0. The molecule has 1 aliphatic rings. The highest BCUT2D eigenvalue weighted by molar-refractivity contribution is 6.02. The predicted octanol–water partition coefficient (Wildman–Crippen LogP) is 1.52. The Morgan fingerprint density at radius 3 is 2.30 bits per heavy atom. The van der Waals surface area contributed by atoms with Gasteiger partial charge in [-0.1, -0.05) is 45.4 Å². The van der Waals surface area contributed by atoms with Gasteiger partial charge in [0, 0.05) is 7.05 Å². The lowest BCUT2D eigenvalue weighted by Crippen LogP contribution is -2.54. The molecule has 1 heterocycles. The fourth-order valence-electron chi connectivity index (χ4n) is 3.16. The minimum absolute atomic E-state index is 0.0905. The minimum atomic E-state index is -1.27. The molecule has 154 valence electrons. The van der Waals surface area contributed by atoms with Crippen LogP contribution >= 0.6 is 0 Å². The van der Waals surface area contributed by atoms with Gasteiger partial charge in [-0.05, 0) is 13.3 Å². The number of hydrogen-bond donors (Lipinski definition) is 3. The highest BCUT2D eigenvalue weighted by atomic mass is 16.4. The van der Waals surface area contributed by atoms with Crippen LogP contribution in [0, 0.1) is 0 Å². The smallest absolute Gasteiger partial charge is 0.328 e. The Hall–Kier alpha value is -2.16. The molecule has 0 unspecified atom stereocenters. The summed E-state index contributed by atoms with van der Waals surface area (Å²) in [5.41, 5.74) is 0. The standard InChI is InChI=1S/C18H31N3O6/c1-4-5-6-7-8-9-10-13(16(23)24)19-12(2)15(22)21-14(17(25)26)11-20(3)18(21)27/h12-14,19H,4-11H2,1-3H3,(H,23,24)(H,25,26)/t12-,13+,14+/m1/s1. The molecule has 0 bridgehead atoms. The van der Waals surface area contributed by atoms with Crippen LogP contribution in [0.3, 0.4) is 0 Å². The second-order valence-corrected chi connectivity index (χ2v) is 7.06. The van der Waals surface area contributed by atoms with Gasteiger partial charge >= 0.3 is 18.0 Å². The Morgan fingerprint density at radius 2 is 1.74 bits per heavy atom. The largest absolute Gasteiger partial charge is 0.480 e. The van der Waals surface area contributed by atoms with E-state index in [2.05, 4.69) is 12.2 Å². The van der Waals surface area contributed by atoms with E-state index in [4.69, 9.17) is 0 Å². The molecule has 1 aliphatic heterocycles. The van der Waals surface area contributed by atoms with E-state index in [1.807, 2.05) is 0 Å². The normalized spacial score (nSPS) is 19.2. The van der Waals surface area contributed by atoms with Crippen molar-refractivity contribution in [2.75, 3.05) is 13.6 Å². The van der Waals surface area contributed by atoms with Crippen LogP contribution in [0.1, 0.15) is 58.8 Å². The molecule has 0 radical (unpaired) electrons. The van der Waals surface area contributed by atoms with Crippen molar-refractivity contribution in [2.24, 2.45) is 0 Å². The monoisotopic (exact) mass is 385 g/mol. The molecule has 1 fully saturated rings. The van der Waals surface area contributed by atoms with Crippen molar-refractivity contribution in [2.45, 2.75) is 76.9 Å². The van der Waals surface area contributed by atoms with Crippen molar-refractivity contribution in [1.29, 1.82) is 0 Å². The molecule has 9 nitrogen and oxygen atoms in total. The zero-order valence-corrected chi connectivity index (χ0v) is 16.3. The lowest BCUT2D eigenvalue weighted by molar-refractivity contribution is -0.147. The Kier molecular flexibility index (Phi) is 9.20. The molecule has 0 aromatic rings. The maximum atomic E-state index is 12.6. The predicted molar refractivity (Wildman–Crippen MR) is 98.3 cm³/mol. The first kappa shape index (κ1) is 22.9. The first-order valence-corrected chi connectivity index (χ1v) is 9.50. The average molecular weight is 385 g/mol. The molecule has 27 heavy (non-hydrogen) atoms. The second kappa shape index (κ2) is 10.9. The molecule has 1 rings (SSSR count). The number of nitrogens with zero attached hydrogens (tertiary/aromatic N) is 2. The summed E-state index contributed by atoms with van der Waals surface area (Å²) in [6.07, 6.45) is 6.48. The van der Waals surface area contributed by atoms with Gasteiger partial charge in [-0.2, -0.15) is 0 Å². The number of carbonyl (C=O) groups excluding carboxylic acids is 2. The molecule has 3 amide bonds. The number of rotatable bonds is 12. The highest BCUT2D eigenvalue weighted by Gasteiger charge is 2.45. The number of carboxylic acid groups (broad SMARTS) is 2. The zero-order valence-electron chi connectivity index (χ0n) is 16.3. The van der Waals surface area contributed by atoms with Crippen LogP contribution in [-0.2, 0) is 14.4 Å². The van der Waals surface area contributed by atoms with Crippen molar-refractivity contribution in [3.8, 4) is 0 Å². The van der Waals surface area contributed by atoms with E-state index >= 15 is 0 Å². The lowest BCUT2D eigenvalue weighted by Gasteiger charge is -2.25. The number of amides is 3. The summed E-state index contributed by atoms with van der Waals surface area (Å²) in [5, 5.41) is 21.4. The first-order chi connectivity index (χ1) is 12.7. The van der Waals surface area contributed by atoms with Gasteiger partial charge in [-0.15, -0.1) is 0 Å². The third-order valence-electron chi connectivity index (χ3n) is 4.78. The van der Waals surface area contributed by atoms with Gasteiger partial charge in [0.05, 0.1) is 12.6 Å². The minimum Gasteiger partial charge on any atom is -0.480 e. The Morgan fingerprint density at radius 1 is 1.15 bits per heavy atom. The van der Waals surface area contributed by atoms with Crippen LogP contribution in [0.25, 0.3) is 0 Å². The van der Waals surface area contributed by atoms with Crippen molar-refractivity contribution >= 4 is 23.9 Å². The number of unbranched alkanes of at least 4 members (excludes halogenated alkanes) is 5. The van der Waals surface area contributed by atoms with Crippen LogP contribution in [-0.4, -0.2) is 75.6 Å². The number of carbonyl (C=O) groups is 4. The van der Waals surface area contributed by atoms with Crippen LogP contribution < -0.4 is 5.32 Å². The SMILES string of the molecule is CCCCCCCC[C@H](N[C@H](C)C(=O)N1C(=O)N(C)C[C@H]1C(=O)O)C(=O)O. The van der Waals surface area contributed by atoms with Gasteiger partial charge in [0.1, 0.15) is 6.04 Å². The number of hydrogen-bond acceptors (Lipinski definition) is 5. The fourth-order valence-corrected chi connectivity index (χ4v) is 3.16. The van der Waals surface area contributed by atoms with Crippen molar-refractivity contribution in [3.63, 3.8) is 0 Å². The van der Waals surface area contributed by atoms with Crippen LogP contribution in [0.2, 0.25) is 0 Å². The summed E-state index contributed by atoms with van der Waals surface area (Å²) >= 11 is 0. The summed E-state index contributed by atoms with van der Waals surface area (Å²) in [6, 6.07) is -3.86. The van der Waals surface area contributed by atoms with E-state index in [0.29, 0.717) is 11.3 Å². The number of aliphatic carboxylic acids is 2. The summed E-state index contributed by atoms with van der Waals surface area (Å²) in [6.45, 7) is 3.48. The Bertz CT molecular complexity index is 553. The molecule has 3 N–H and O–H groups in total. The molecular formula is C18H31N3O6. The van der Waals surface area contributed by atoms with E-state index < -0.39 is 42.0 Å². The maximum Gasteiger partial charge on any atom is 0.328 e. The summed E-state index contributed by atoms with van der Waals surface area (Å²) in [7, 11) is 1.42. The molecule has 0 spiro atoms. The van der Waals surface area contributed by atoms with Gasteiger partial charge < -0.3 is 15.1 Å². The van der Waals surface area contributed by atoms with E-state index in [1.54, 1.807) is 0 Å². The van der Waals surface area contributed by atoms with Gasteiger partial charge in [0.15, 0.2) is 6.04 Å². The number of nitrogens with one attached hydrogen (secondary N) is 1. The molecule has 0 saturated carbocycles. The van der Waals surface area contributed by atoms with E-state index in [0.717, 1.165) is 43.4 Å². The van der Waals surface area contributed by atoms with Gasteiger partial charge in [-0.3, -0.25) is 14.9 Å². The van der Waals surface area contributed by atoms with E-state index in [9.17, 15) is 29.4 Å². The molecule has 0 aliphatic carbocycles. The number of carboxylic acids is 2. The number of likely N-dealkylation sites (N-methyl/N-ethyl adjacent to an activating group) is 1. The Labute approximate surface area is 159 Å². The van der Waals surface area contributed by atoms with Gasteiger partial charge in [0.25, 0.3) is 0 Å². The van der Waals surface area contributed by atoms with E-state index in [-0.39, 0.29) is 6.54 Å². The van der Waals surface area contributed by atoms with Gasteiger partial charge in [0.2, 0.25) is 5.91 Å². The molecule has 0 aromatic heterocycles. The van der Waals surface area contributed by atoms with E-state index in [1.165, 1.54) is 14.0 Å². The van der Waals surface area contributed by atoms with Crippen LogP contribution in [0.15, 0.2) is 0 Å². The third kappa shape index (κ3) is 6.50. The fraction of sp³-hybridized carbons (Fsp3) is 0.778. The van der Waals surface area contributed by atoms with Crippen molar-refractivity contribution in [1.82, 2.24) is 15.1 Å². The maximum absolute atomic E-state index is 12.6. The summed E-state index contributed by atoms with van der Waals surface area (Å²) < 4.78 is 0. The summed E-state index contributed by atoms with van der Waals surface area (Å²) in [5.74, 6) is -3.07. The molecule has 9 heteroatoms. The van der Waals surface area contributed by atoms with Gasteiger partial charge in [-0.25, -0.2) is 14.5 Å². The number of urea groups is 1. The average Bonchev–Trinajstić information content (AvgIpc) is 2.91. The zero-order chi connectivity index (χ0) is 20.6. The highest BCUT2D eigenvalue weighted by Crippen LogP contribution is 2.17. The second-order valence-electron chi connectivity index (χ2n) is 7.06. The van der Waals surface area contributed by atoms with Crippen LogP contribution in [0.5, 0.6) is 0 Å². The van der Waals surface area contributed by atoms with Crippen molar-refractivity contribution < 1.29 is 29.4 Å². The topological polar surface area (TPSA) is 127 Å². The van der Waals surface area contributed by atoms with Crippen molar-refractivity contribution in [3.05, 3.63) is 0 Å². The third-order valence-corrected chi connectivity index (χ3v) is 4.78. The first-order valence-electron chi connectivity index (χ1n) is 9.50. The Balaban J connectivity index is 2.62.